The second kappa shape index (κ2) is 8.02. The van der Waals surface area contributed by atoms with E-state index in [0.717, 1.165) is 36.2 Å². The molecule has 1 amide bonds. The summed E-state index contributed by atoms with van der Waals surface area (Å²) in [5.74, 6) is -1.64. The maximum atomic E-state index is 13.8. The summed E-state index contributed by atoms with van der Waals surface area (Å²) in [5.41, 5.74) is 3.20. The van der Waals surface area contributed by atoms with E-state index in [-0.39, 0.29) is 0 Å². The van der Waals surface area contributed by atoms with Crippen LogP contribution in [0.2, 0.25) is 0 Å². The molecule has 3 aromatic rings. The highest BCUT2D eigenvalue weighted by Gasteiger charge is 2.21. The summed E-state index contributed by atoms with van der Waals surface area (Å²) >= 11 is 0. The van der Waals surface area contributed by atoms with Crippen LogP contribution in [0, 0.1) is 11.6 Å². The Kier molecular flexibility index (Phi) is 5.26. The summed E-state index contributed by atoms with van der Waals surface area (Å²) in [6.07, 6.45) is 0.863. The average Bonchev–Trinajstić information content (AvgIpc) is 3.17. The smallest absolute Gasteiger partial charge is 0.266 e. The molecule has 1 N–H and O–H groups in total. The van der Waals surface area contributed by atoms with Crippen LogP contribution in [0.1, 0.15) is 29.3 Å². The van der Waals surface area contributed by atoms with Crippen LogP contribution >= 0.6 is 0 Å². The van der Waals surface area contributed by atoms with Crippen LogP contribution in [0.3, 0.4) is 0 Å². The SMILES string of the molecule is CC1=C(c2ccc(C(=O)Nc3c(F)cccc3F)cc2)CN(c2nnn(C)n2)CC1. The largest absolute Gasteiger partial charge is 0.334 e. The van der Waals surface area contributed by atoms with Gasteiger partial charge in [0.05, 0.1) is 7.05 Å². The monoisotopic (exact) mass is 410 g/mol. The molecule has 2 aromatic carbocycles. The van der Waals surface area contributed by atoms with Gasteiger partial charge in [-0.15, -0.1) is 5.10 Å². The van der Waals surface area contributed by atoms with Crippen LogP contribution in [0.5, 0.6) is 0 Å². The normalized spacial score (nSPS) is 14.2. The zero-order valence-electron chi connectivity index (χ0n) is 16.6. The second-order valence-corrected chi connectivity index (χ2v) is 7.14. The maximum absolute atomic E-state index is 13.8. The van der Waals surface area contributed by atoms with Gasteiger partial charge in [0, 0.05) is 18.7 Å². The van der Waals surface area contributed by atoms with E-state index in [9.17, 15) is 13.6 Å². The molecule has 1 aliphatic heterocycles. The van der Waals surface area contributed by atoms with E-state index >= 15 is 0 Å². The first-order valence-electron chi connectivity index (χ1n) is 9.46. The molecule has 7 nitrogen and oxygen atoms in total. The molecule has 2 heterocycles. The number of carbonyl (C=O) groups is 1. The number of nitrogens with zero attached hydrogens (tertiary/aromatic N) is 5. The van der Waals surface area contributed by atoms with Crippen molar-refractivity contribution < 1.29 is 13.6 Å². The molecule has 1 aromatic heterocycles. The molecule has 0 atom stereocenters. The number of aromatic nitrogens is 4. The van der Waals surface area contributed by atoms with Crippen LogP contribution in [-0.2, 0) is 7.05 Å². The lowest BCUT2D eigenvalue weighted by molar-refractivity contribution is 0.102. The lowest BCUT2D eigenvalue weighted by atomic mass is 9.94. The molecule has 154 valence electrons. The highest BCUT2D eigenvalue weighted by atomic mass is 19.1. The van der Waals surface area contributed by atoms with Gasteiger partial charge in [0.1, 0.15) is 17.3 Å². The zero-order chi connectivity index (χ0) is 21.3. The number of benzene rings is 2. The van der Waals surface area contributed by atoms with Gasteiger partial charge in [-0.25, -0.2) is 8.78 Å². The highest BCUT2D eigenvalue weighted by Crippen LogP contribution is 2.28. The molecule has 0 saturated carbocycles. The average molecular weight is 410 g/mol. The van der Waals surface area contributed by atoms with E-state index in [2.05, 4.69) is 32.6 Å². The number of rotatable bonds is 4. The van der Waals surface area contributed by atoms with Gasteiger partial charge in [-0.2, -0.15) is 4.80 Å². The number of anilines is 2. The summed E-state index contributed by atoms with van der Waals surface area (Å²) in [6.45, 7) is 3.51. The lowest BCUT2D eigenvalue weighted by Crippen LogP contribution is -2.31. The molecule has 0 aliphatic carbocycles. The van der Waals surface area contributed by atoms with Crippen LogP contribution in [-0.4, -0.2) is 39.2 Å². The van der Waals surface area contributed by atoms with Gasteiger partial charge in [0.15, 0.2) is 0 Å². The summed E-state index contributed by atoms with van der Waals surface area (Å²) in [7, 11) is 1.72. The van der Waals surface area contributed by atoms with Crippen molar-refractivity contribution in [3.05, 3.63) is 70.8 Å². The number of hydrogen-bond donors (Lipinski definition) is 1. The van der Waals surface area contributed by atoms with Gasteiger partial charge in [-0.1, -0.05) is 28.9 Å². The molecule has 9 heteroatoms. The number of nitrogens with one attached hydrogen (secondary N) is 1. The number of carbonyl (C=O) groups excluding carboxylic acids is 1. The van der Waals surface area contributed by atoms with Crippen molar-refractivity contribution in [2.75, 3.05) is 23.3 Å². The van der Waals surface area contributed by atoms with Crippen molar-refractivity contribution in [2.24, 2.45) is 7.05 Å². The third-order valence-corrected chi connectivity index (χ3v) is 5.10. The molecule has 0 bridgehead atoms. The molecule has 0 saturated heterocycles. The first-order valence-corrected chi connectivity index (χ1v) is 9.46. The Morgan fingerprint density at radius 1 is 1.10 bits per heavy atom. The van der Waals surface area contributed by atoms with E-state index < -0.39 is 23.2 Å². The Bertz CT molecular complexity index is 1100. The van der Waals surface area contributed by atoms with Gasteiger partial charge < -0.3 is 10.2 Å². The summed E-state index contributed by atoms with van der Waals surface area (Å²) in [6, 6.07) is 10.4. The Labute approximate surface area is 172 Å². The predicted octanol–water partition coefficient (Wildman–Crippen LogP) is 3.42. The topological polar surface area (TPSA) is 75.9 Å². The van der Waals surface area contributed by atoms with E-state index in [0.29, 0.717) is 18.1 Å². The summed E-state index contributed by atoms with van der Waals surface area (Å²) < 4.78 is 27.5. The first kappa shape index (κ1) is 19.7. The molecule has 0 unspecified atom stereocenters. The zero-order valence-corrected chi connectivity index (χ0v) is 16.6. The molecule has 30 heavy (non-hydrogen) atoms. The maximum Gasteiger partial charge on any atom is 0.266 e. The molecular formula is C21H20F2N6O. The van der Waals surface area contributed by atoms with Crippen molar-refractivity contribution in [3.63, 3.8) is 0 Å². The fraction of sp³-hybridized carbons (Fsp3) is 0.238. The third kappa shape index (κ3) is 3.91. The van der Waals surface area contributed by atoms with Crippen LogP contribution < -0.4 is 10.2 Å². The first-order chi connectivity index (χ1) is 14.4. The Morgan fingerprint density at radius 2 is 1.80 bits per heavy atom. The minimum Gasteiger partial charge on any atom is -0.334 e. The number of para-hydroxylation sites is 1. The van der Waals surface area contributed by atoms with E-state index in [1.54, 1.807) is 19.2 Å². The van der Waals surface area contributed by atoms with Crippen molar-refractivity contribution >= 4 is 23.1 Å². The van der Waals surface area contributed by atoms with Gasteiger partial charge in [0.2, 0.25) is 0 Å². The van der Waals surface area contributed by atoms with Gasteiger partial charge in [-0.05, 0) is 54.0 Å². The van der Waals surface area contributed by atoms with Crippen molar-refractivity contribution in [2.45, 2.75) is 13.3 Å². The van der Waals surface area contributed by atoms with E-state index in [4.69, 9.17) is 0 Å². The molecule has 0 fully saturated rings. The Balaban J connectivity index is 1.52. The van der Waals surface area contributed by atoms with E-state index in [1.807, 2.05) is 12.1 Å². The van der Waals surface area contributed by atoms with Crippen LogP contribution in [0.4, 0.5) is 20.4 Å². The van der Waals surface area contributed by atoms with Crippen LogP contribution in [0.15, 0.2) is 48.0 Å². The van der Waals surface area contributed by atoms with E-state index in [1.165, 1.54) is 16.4 Å². The summed E-state index contributed by atoms with van der Waals surface area (Å²) in [4.78, 5) is 15.9. The minimum atomic E-state index is -0.819. The number of hydrogen-bond acceptors (Lipinski definition) is 5. The molecule has 1 aliphatic rings. The van der Waals surface area contributed by atoms with Gasteiger partial charge in [-0.3, -0.25) is 4.79 Å². The minimum absolute atomic E-state index is 0.308. The quantitative estimate of drug-likeness (QED) is 0.713. The number of aryl methyl sites for hydroxylation is 1. The number of amides is 1. The molecule has 0 spiro atoms. The molecular weight excluding hydrogens is 390 g/mol. The summed E-state index contributed by atoms with van der Waals surface area (Å²) in [5, 5.41) is 14.5. The van der Waals surface area contributed by atoms with Crippen molar-refractivity contribution in [1.82, 2.24) is 20.2 Å². The Hall–Kier alpha value is -3.62. The van der Waals surface area contributed by atoms with Gasteiger partial charge >= 0.3 is 0 Å². The molecule has 0 radical (unpaired) electrons. The third-order valence-electron chi connectivity index (χ3n) is 5.10. The number of tetrazole rings is 1. The standard InChI is InChI=1S/C21H20F2N6O/c1-13-10-11-29(21-25-27-28(2)26-21)12-16(13)14-6-8-15(9-7-14)20(30)24-19-17(22)4-3-5-18(19)23/h3-9H,10-12H2,1-2H3,(H,24,30). The van der Waals surface area contributed by atoms with Crippen molar-refractivity contribution in [1.29, 1.82) is 0 Å². The Morgan fingerprint density at radius 3 is 2.43 bits per heavy atom. The molecule has 4 rings (SSSR count). The van der Waals surface area contributed by atoms with Gasteiger partial charge in [0.25, 0.3) is 11.9 Å². The second-order valence-electron chi connectivity index (χ2n) is 7.14. The fourth-order valence-electron chi connectivity index (χ4n) is 3.39. The number of halogens is 2. The fourth-order valence-corrected chi connectivity index (χ4v) is 3.39. The lowest BCUT2D eigenvalue weighted by Gasteiger charge is -2.29. The predicted molar refractivity (Wildman–Crippen MR) is 109 cm³/mol. The van der Waals surface area contributed by atoms with Crippen LogP contribution in [0.25, 0.3) is 5.57 Å². The van der Waals surface area contributed by atoms with Crippen molar-refractivity contribution in [3.8, 4) is 0 Å². The highest BCUT2D eigenvalue weighted by molar-refractivity contribution is 6.04.